The van der Waals surface area contributed by atoms with Crippen LogP contribution in [0.15, 0.2) is 18.2 Å². The molecule has 1 aliphatic carbocycles. The molecule has 2 fully saturated rings. The molecule has 4 heteroatoms. The fraction of sp³-hybridized carbons (Fsp3) is 0.714. The Morgan fingerprint density at radius 2 is 1.88 bits per heavy atom. The van der Waals surface area contributed by atoms with Crippen molar-refractivity contribution in [2.75, 3.05) is 39.9 Å². The minimum Gasteiger partial charge on any atom is -0.493 e. The van der Waals surface area contributed by atoms with E-state index >= 15 is 0 Å². The Hall–Kier alpha value is -1.26. The minimum atomic E-state index is 0.675. The monoisotopic (exact) mass is 348 g/mol. The molecule has 0 radical (unpaired) electrons. The largest absolute Gasteiger partial charge is 0.493 e. The molecule has 2 aliphatic rings. The van der Waals surface area contributed by atoms with Crippen molar-refractivity contribution in [1.29, 1.82) is 0 Å². The maximum atomic E-state index is 5.73. The Balaban J connectivity index is 1.52. The number of benzene rings is 1. The van der Waals surface area contributed by atoms with Gasteiger partial charge in [-0.05, 0) is 43.9 Å². The van der Waals surface area contributed by atoms with Crippen molar-refractivity contribution in [3.05, 3.63) is 23.8 Å². The number of nitrogens with one attached hydrogen (secondary N) is 2. The van der Waals surface area contributed by atoms with Crippen molar-refractivity contribution in [3.63, 3.8) is 0 Å². The highest BCUT2D eigenvalue weighted by Crippen LogP contribution is 2.27. The van der Waals surface area contributed by atoms with E-state index in [0.29, 0.717) is 6.61 Å². The van der Waals surface area contributed by atoms with Crippen molar-refractivity contribution < 1.29 is 19.3 Å². The predicted octanol–water partition coefficient (Wildman–Crippen LogP) is 0.956. The molecule has 3 rings (SSSR count). The third-order valence-electron chi connectivity index (χ3n) is 6.10. The molecule has 1 aliphatic heterocycles. The lowest BCUT2D eigenvalue weighted by atomic mass is 9.86. The molecule has 0 aromatic heterocycles. The van der Waals surface area contributed by atoms with Crippen LogP contribution in [0, 0.1) is 5.92 Å². The van der Waals surface area contributed by atoms with Crippen molar-refractivity contribution in [2.45, 2.75) is 52.1 Å². The fourth-order valence-electron chi connectivity index (χ4n) is 4.70. The van der Waals surface area contributed by atoms with Gasteiger partial charge in [-0.1, -0.05) is 13.3 Å². The van der Waals surface area contributed by atoms with Crippen molar-refractivity contribution in [2.24, 2.45) is 5.92 Å². The van der Waals surface area contributed by atoms with Gasteiger partial charge in [-0.25, -0.2) is 0 Å². The number of ether oxygens (including phenoxy) is 2. The van der Waals surface area contributed by atoms with Crippen LogP contribution in [0.4, 0.5) is 0 Å². The van der Waals surface area contributed by atoms with E-state index in [4.69, 9.17) is 9.47 Å². The Bertz CT molecular complexity index is 541. The molecular weight excluding hydrogens is 312 g/mol. The van der Waals surface area contributed by atoms with Gasteiger partial charge in [0.1, 0.15) is 32.7 Å². The van der Waals surface area contributed by atoms with Crippen LogP contribution in [0.5, 0.6) is 11.5 Å². The SMILES string of the molecule is CCOc1cc(C[NH+]2CC[NH+]([C@@H]3CCC[C@@H](C)C3)CC2)ccc1OC. The molecule has 25 heavy (non-hydrogen) atoms. The van der Waals surface area contributed by atoms with Gasteiger partial charge in [0.15, 0.2) is 11.5 Å². The number of quaternary nitrogens is 2. The summed E-state index contributed by atoms with van der Waals surface area (Å²) in [5.41, 5.74) is 1.36. The van der Waals surface area contributed by atoms with Gasteiger partial charge in [0, 0.05) is 12.0 Å². The molecule has 1 saturated heterocycles. The molecule has 0 spiro atoms. The molecule has 2 atom stereocenters. The summed E-state index contributed by atoms with van der Waals surface area (Å²) < 4.78 is 11.1. The molecule has 140 valence electrons. The van der Waals surface area contributed by atoms with E-state index in [1.165, 1.54) is 57.4 Å². The Kier molecular flexibility index (Phi) is 6.60. The van der Waals surface area contributed by atoms with Crippen LogP contribution in [0.3, 0.4) is 0 Å². The average Bonchev–Trinajstić information content (AvgIpc) is 2.63. The van der Waals surface area contributed by atoms with Crippen LogP contribution in [0.25, 0.3) is 0 Å². The van der Waals surface area contributed by atoms with Crippen LogP contribution < -0.4 is 19.3 Å². The lowest BCUT2D eigenvalue weighted by Gasteiger charge is -2.37. The topological polar surface area (TPSA) is 27.3 Å². The minimum absolute atomic E-state index is 0.675. The first-order chi connectivity index (χ1) is 12.2. The summed E-state index contributed by atoms with van der Waals surface area (Å²) in [5, 5.41) is 0. The lowest BCUT2D eigenvalue weighted by Crippen LogP contribution is -3.29. The zero-order chi connectivity index (χ0) is 17.6. The van der Waals surface area contributed by atoms with Crippen molar-refractivity contribution >= 4 is 0 Å². The highest BCUT2D eigenvalue weighted by atomic mass is 16.5. The number of hydrogen-bond donors (Lipinski definition) is 2. The van der Waals surface area contributed by atoms with Crippen LogP contribution in [-0.4, -0.2) is 45.9 Å². The Labute approximate surface area is 153 Å². The van der Waals surface area contributed by atoms with Gasteiger partial charge in [0.2, 0.25) is 0 Å². The van der Waals surface area contributed by atoms with Gasteiger partial charge in [0.05, 0.1) is 19.8 Å². The Morgan fingerprint density at radius 1 is 1.08 bits per heavy atom. The standard InChI is InChI=1S/C21H34N2O2/c1-4-25-21-15-18(8-9-20(21)24-3)16-22-10-12-23(13-11-22)19-7-5-6-17(2)14-19/h8-9,15,17,19H,4-7,10-14,16H2,1-3H3/p+2/t17-,19-/m1/s1. The highest BCUT2D eigenvalue weighted by Gasteiger charge is 2.32. The highest BCUT2D eigenvalue weighted by molar-refractivity contribution is 5.42. The zero-order valence-corrected chi connectivity index (χ0v) is 16.3. The second-order valence-electron chi connectivity index (χ2n) is 7.97. The van der Waals surface area contributed by atoms with Gasteiger partial charge in [-0.2, -0.15) is 0 Å². The van der Waals surface area contributed by atoms with E-state index in [1.54, 1.807) is 12.0 Å². The van der Waals surface area contributed by atoms with Crippen LogP contribution in [0.2, 0.25) is 0 Å². The summed E-state index contributed by atoms with van der Waals surface area (Å²) in [7, 11) is 1.71. The van der Waals surface area contributed by atoms with Gasteiger partial charge < -0.3 is 19.3 Å². The molecular formula is C21H36N2O2+2. The van der Waals surface area contributed by atoms with E-state index in [9.17, 15) is 0 Å². The van der Waals surface area contributed by atoms with E-state index in [1.807, 2.05) is 17.9 Å². The Morgan fingerprint density at radius 3 is 2.56 bits per heavy atom. The summed E-state index contributed by atoms with van der Waals surface area (Å²) in [4.78, 5) is 3.58. The summed E-state index contributed by atoms with van der Waals surface area (Å²) in [6.45, 7) is 11.5. The molecule has 0 bridgehead atoms. The zero-order valence-electron chi connectivity index (χ0n) is 16.3. The fourth-order valence-corrected chi connectivity index (χ4v) is 4.70. The molecule has 1 heterocycles. The molecule has 1 saturated carbocycles. The molecule has 1 aromatic rings. The summed E-state index contributed by atoms with van der Waals surface area (Å²) in [6.07, 6.45) is 5.78. The van der Waals surface area contributed by atoms with E-state index in [-0.39, 0.29) is 0 Å². The van der Waals surface area contributed by atoms with Crippen LogP contribution in [-0.2, 0) is 6.54 Å². The number of hydrogen-bond acceptors (Lipinski definition) is 2. The molecule has 0 unspecified atom stereocenters. The molecule has 2 N–H and O–H groups in total. The van der Waals surface area contributed by atoms with Gasteiger partial charge in [0.25, 0.3) is 0 Å². The van der Waals surface area contributed by atoms with Gasteiger partial charge in [-0.15, -0.1) is 0 Å². The smallest absolute Gasteiger partial charge is 0.161 e. The second kappa shape index (κ2) is 8.91. The summed E-state index contributed by atoms with van der Waals surface area (Å²) >= 11 is 0. The lowest BCUT2D eigenvalue weighted by molar-refractivity contribution is -1.03. The first kappa shape index (κ1) is 18.5. The summed E-state index contributed by atoms with van der Waals surface area (Å²) in [6, 6.07) is 7.33. The summed E-state index contributed by atoms with van der Waals surface area (Å²) in [5.74, 6) is 2.65. The molecule has 1 aromatic carbocycles. The second-order valence-corrected chi connectivity index (χ2v) is 7.97. The maximum absolute atomic E-state index is 5.73. The van der Waals surface area contributed by atoms with E-state index < -0.39 is 0 Å². The maximum Gasteiger partial charge on any atom is 0.161 e. The van der Waals surface area contributed by atoms with E-state index in [2.05, 4.69) is 19.1 Å². The first-order valence-electron chi connectivity index (χ1n) is 10.2. The average molecular weight is 349 g/mol. The van der Waals surface area contributed by atoms with Crippen molar-refractivity contribution in [1.82, 2.24) is 0 Å². The first-order valence-corrected chi connectivity index (χ1v) is 10.2. The number of piperazine rings is 1. The molecule has 4 nitrogen and oxygen atoms in total. The third kappa shape index (κ3) is 4.89. The normalized spacial score (nSPS) is 30.0. The van der Waals surface area contributed by atoms with Gasteiger partial charge in [-0.3, -0.25) is 0 Å². The van der Waals surface area contributed by atoms with E-state index in [0.717, 1.165) is 30.0 Å². The third-order valence-corrected chi connectivity index (χ3v) is 6.10. The quantitative estimate of drug-likeness (QED) is 0.801. The van der Waals surface area contributed by atoms with Gasteiger partial charge >= 0.3 is 0 Å². The van der Waals surface area contributed by atoms with Crippen molar-refractivity contribution in [3.8, 4) is 11.5 Å². The van der Waals surface area contributed by atoms with Crippen LogP contribution in [0.1, 0.15) is 45.1 Å². The molecule has 0 amide bonds. The number of methoxy groups -OCH3 is 1. The predicted molar refractivity (Wildman–Crippen MR) is 101 cm³/mol. The number of rotatable bonds is 6. The van der Waals surface area contributed by atoms with Crippen LogP contribution >= 0.6 is 0 Å².